The highest BCUT2D eigenvalue weighted by Gasteiger charge is 2.45. The van der Waals surface area contributed by atoms with E-state index >= 15 is 0 Å². The Balaban J connectivity index is 3.07. The van der Waals surface area contributed by atoms with Crippen molar-refractivity contribution in [3.63, 3.8) is 0 Å². The molecule has 0 aliphatic heterocycles. The highest BCUT2D eigenvalue weighted by atomic mass is 19.4. The number of nitrogens with two attached hydrogens (primary N) is 1. The van der Waals surface area contributed by atoms with Gasteiger partial charge in [0.25, 0.3) is 0 Å². The molecule has 1 rings (SSSR count). The van der Waals surface area contributed by atoms with Crippen LogP contribution in [0.5, 0.6) is 5.75 Å². The van der Waals surface area contributed by atoms with Gasteiger partial charge in [-0.25, -0.2) is 0 Å². The molecule has 0 fully saturated rings. The lowest BCUT2D eigenvalue weighted by molar-refractivity contribution is -0.201. The summed E-state index contributed by atoms with van der Waals surface area (Å²) in [5.41, 5.74) is 7.17. The van der Waals surface area contributed by atoms with Crippen LogP contribution < -0.4 is 10.5 Å². The Bertz CT molecular complexity index is 443. The van der Waals surface area contributed by atoms with Crippen molar-refractivity contribution in [1.29, 1.82) is 0 Å². The molecule has 0 aliphatic carbocycles. The van der Waals surface area contributed by atoms with Crippen molar-refractivity contribution in [1.82, 2.24) is 0 Å². The average molecular weight is 289 g/mol. The minimum atomic E-state index is -4.48. The molecule has 0 aromatic heterocycles. The standard InChI is InChI=1S/C15H22F3NO/c1-5-12(19)14(15(16,17)18)20-13-8-11(9(2)3)7-6-10(13)4/h6-9,12,14H,5,19H2,1-4H3. The molecule has 5 heteroatoms. The molecule has 114 valence electrons. The van der Waals surface area contributed by atoms with Gasteiger partial charge in [-0.2, -0.15) is 13.2 Å². The fourth-order valence-electron chi connectivity index (χ4n) is 1.85. The van der Waals surface area contributed by atoms with Crippen LogP contribution in [-0.4, -0.2) is 18.3 Å². The van der Waals surface area contributed by atoms with Crippen molar-refractivity contribution in [3.8, 4) is 5.75 Å². The van der Waals surface area contributed by atoms with Gasteiger partial charge in [0.05, 0.1) is 6.04 Å². The van der Waals surface area contributed by atoms with Crippen LogP contribution in [0.25, 0.3) is 0 Å². The van der Waals surface area contributed by atoms with Crippen LogP contribution in [-0.2, 0) is 0 Å². The topological polar surface area (TPSA) is 35.2 Å². The van der Waals surface area contributed by atoms with Crippen molar-refractivity contribution >= 4 is 0 Å². The average Bonchev–Trinajstić information content (AvgIpc) is 2.35. The van der Waals surface area contributed by atoms with E-state index < -0.39 is 18.3 Å². The molecule has 2 N–H and O–H groups in total. The number of rotatable bonds is 5. The maximum Gasteiger partial charge on any atom is 0.426 e. The molecule has 1 aromatic rings. The molecular weight excluding hydrogens is 267 g/mol. The predicted molar refractivity (Wildman–Crippen MR) is 74.0 cm³/mol. The molecule has 0 aliphatic rings. The minimum Gasteiger partial charge on any atom is -0.479 e. The lowest BCUT2D eigenvalue weighted by Gasteiger charge is -2.27. The predicted octanol–water partition coefficient (Wildman–Crippen LogP) is 4.17. The molecule has 2 atom stereocenters. The van der Waals surface area contributed by atoms with Gasteiger partial charge in [0.2, 0.25) is 6.10 Å². The summed E-state index contributed by atoms with van der Waals surface area (Å²) in [5.74, 6) is 0.476. The van der Waals surface area contributed by atoms with E-state index in [1.54, 1.807) is 26.0 Å². The smallest absolute Gasteiger partial charge is 0.426 e. The second kappa shape index (κ2) is 6.48. The number of hydrogen-bond acceptors (Lipinski definition) is 2. The monoisotopic (exact) mass is 289 g/mol. The van der Waals surface area contributed by atoms with Crippen LogP contribution in [0.3, 0.4) is 0 Å². The number of aryl methyl sites for hydroxylation is 1. The molecule has 0 saturated heterocycles. The van der Waals surface area contributed by atoms with Crippen molar-refractivity contribution in [2.75, 3.05) is 0 Å². The fourth-order valence-corrected chi connectivity index (χ4v) is 1.85. The number of hydrogen-bond donors (Lipinski definition) is 1. The highest BCUT2D eigenvalue weighted by molar-refractivity contribution is 5.38. The van der Waals surface area contributed by atoms with Crippen molar-refractivity contribution < 1.29 is 17.9 Å². The van der Waals surface area contributed by atoms with Crippen LogP contribution >= 0.6 is 0 Å². The zero-order valence-corrected chi connectivity index (χ0v) is 12.3. The fraction of sp³-hybridized carbons (Fsp3) is 0.600. The zero-order valence-electron chi connectivity index (χ0n) is 12.3. The Morgan fingerprint density at radius 1 is 1.25 bits per heavy atom. The van der Waals surface area contributed by atoms with Gasteiger partial charge in [-0.1, -0.05) is 32.9 Å². The first kappa shape index (κ1) is 16.8. The third-order valence-corrected chi connectivity index (χ3v) is 3.32. The van der Waals surface area contributed by atoms with E-state index in [0.29, 0.717) is 5.56 Å². The minimum absolute atomic E-state index is 0.201. The van der Waals surface area contributed by atoms with Gasteiger partial charge in [0.15, 0.2) is 0 Å². The second-order valence-electron chi connectivity index (χ2n) is 5.33. The molecule has 0 radical (unpaired) electrons. The molecule has 20 heavy (non-hydrogen) atoms. The molecule has 1 aromatic carbocycles. The highest BCUT2D eigenvalue weighted by Crippen LogP contribution is 2.31. The van der Waals surface area contributed by atoms with Gasteiger partial charge in [-0.15, -0.1) is 0 Å². The summed E-state index contributed by atoms with van der Waals surface area (Å²) in [6, 6.07) is 4.27. The van der Waals surface area contributed by atoms with E-state index in [1.807, 2.05) is 19.9 Å². The normalized spacial score (nSPS) is 15.2. The molecule has 2 nitrogen and oxygen atoms in total. The maximum atomic E-state index is 13.0. The Morgan fingerprint density at radius 3 is 2.30 bits per heavy atom. The summed E-state index contributed by atoms with van der Waals surface area (Å²) >= 11 is 0. The van der Waals surface area contributed by atoms with Crippen LogP contribution in [0.1, 0.15) is 44.2 Å². The number of ether oxygens (including phenoxy) is 1. The van der Waals surface area contributed by atoms with Crippen LogP contribution in [0.2, 0.25) is 0 Å². The second-order valence-corrected chi connectivity index (χ2v) is 5.33. The SMILES string of the molecule is CCC(N)C(Oc1cc(C(C)C)ccc1C)C(F)(F)F. The van der Waals surface area contributed by atoms with Crippen LogP contribution in [0, 0.1) is 6.92 Å². The van der Waals surface area contributed by atoms with Crippen molar-refractivity contribution in [3.05, 3.63) is 29.3 Å². The Hall–Kier alpha value is -1.23. The Kier molecular flexibility index (Phi) is 5.45. The molecule has 0 heterocycles. The number of halogens is 3. The molecule has 0 amide bonds. The maximum absolute atomic E-state index is 13.0. The van der Waals surface area contributed by atoms with Gasteiger partial charge in [-0.05, 0) is 36.5 Å². The number of alkyl halides is 3. The molecule has 0 spiro atoms. The van der Waals surface area contributed by atoms with Crippen LogP contribution in [0.4, 0.5) is 13.2 Å². The first-order valence-corrected chi connectivity index (χ1v) is 6.76. The first-order chi connectivity index (χ1) is 9.16. The Labute approximate surface area is 118 Å². The van der Waals surface area contributed by atoms with E-state index in [9.17, 15) is 13.2 Å². The lowest BCUT2D eigenvalue weighted by Crippen LogP contribution is -2.48. The summed E-state index contributed by atoms with van der Waals surface area (Å²) in [7, 11) is 0. The van der Waals surface area contributed by atoms with E-state index in [-0.39, 0.29) is 18.1 Å². The van der Waals surface area contributed by atoms with Gasteiger partial charge in [0, 0.05) is 0 Å². The number of benzene rings is 1. The lowest BCUT2D eigenvalue weighted by atomic mass is 10.0. The summed E-state index contributed by atoms with van der Waals surface area (Å²) in [6.45, 7) is 7.30. The molecule has 0 saturated carbocycles. The zero-order chi connectivity index (χ0) is 15.5. The Morgan fingerprint density at radius 2 is 1.85 bits per heavy atom. The first-order valence-electron chi connectivity index (χ1n) is 6.76. The third-order valence-electron chi connectivity index (χ3n) is 3.32. The van der Waals surface area contributed by atoms with E-state index in [2.05, 4.69) is 0 Å². The van der Waals surface area contributed by atoms with Crippen molar-refractivity contribution in [2.45, 2.75) is 58.4 Å². The van der Waals surface area contributed by atoms with Gasteiger partial charge in [-0.3, -0.25) is 0 Å². The van der Waals surface area contributed by atoms with Gasteiger partial charge >= 0.3 is 6.18 Å². The van der Waals surface area contributed by atoms with Gasteiger partial charge in [0.1, 0.15) is 5.75 Å². The largest absolute Gasteiger partial charge is 0.479 e. The van der Waals surface area contributed by atoms with E-state index in [1.165, 1.54) is 0 Å². The summed E-state index contributed by atoms with van der Waals surface area (Å²) in [5, 5.41) is 0. The third kappa shape index (κ3) is 4.13. The molecule has 2 unspecified atom stereocenters. The molecular formula is C15H22F3NO. The molecule has 0 bridgehead atoms. The van der Waals surface area contributed by atoms with E-state index in [4.69, 9.17) is 10.5 Å². The van der Waals surface area contributed by atoms with E-state index in [0.717, 1.165) is 5.56 Å². The summed E-state index contributed by atoms with van der Waals surface area (Å²) < 4.78 is 44.3. The summed E-state index contributed by atoms with van der Waals surface area (Å²) in [6.07, 6.45) is -6.25. The summed E-state index contributed by atoms with van der Waals surface area (Å²) in [4.78, 5) is 0. The van der Waals surface area contributed by atoms with Crippen molar-refractivity contribution in [2.24, 2.45) is 5.73 Å². The van der Waals surface area contributed by atoms with Gasteiger partial charge < -0.3 is 10.5 Å². The quantitative estimate of drug-likeness (QED) is 0.883. The van der Waals surface area contributed by atoms with Crippen LogP contribution in [0.15, 0.2) is 18.2 Å².